The van der Waals surface area contributed by atoms with Crippen LogP contribution in [0.25, 0.3) is 0 Å². The number of hydrogen-bond donors (Lipinski definition) is 2. The van der Waals surface area contributed by atoms with Gasteiger partial charge in [-0.3, -0.25) is 9.89 Å². The van der Waals surface area contributed by atoms with E-state index in [1.165, 1.54) is 0 Å². The Morgan fingerprint density at radius 1 is 1.43 bits per heavy atom. The van der Waals surface area contributed by atoms with E-state index >= 15 is 0 Å². The van der Waals surface area contributed by atoms with Gasteiger partial charge in [0.25, 0.3) is 0 Å². The number of aliphatic imine (C=N–C) groups is 1. The molecule has 1 aromatic carbocycles. The first kappa shape index (κ1) is 15.6. The van der Waals surface area contributed by atoms with Crippen LogP contribution in [0.4, 0.5) is 5.69 Å². The summed E-state index contributed by atoms with van der Waals surface area (Å²) >= 11 is 0. The van der Waals surface area contributed by atoms with Gasteiger partial charge in [0, 0.05) is 32.4 Å². The summed E-state index contributed by atoms with van der Waals surface area (Å²) in [6.07, 6.45) is 0. The lowest BCUT2D eigenvalue weighted by Gasteiger charge is -2.26. The van der Waals surface area contributed by atoms with E-state index in [0.29, 0.717) is 12.6 Å². The van der Waals surface area contributed by atoms with Crippen LogP contribution in [0, 0.1) is 6.92 Å². The van der Waals surface area contributed by atoms with Gasteiger partial charge in [-0.1, -0.05) is 0 Å². The highest BCUT2D eigenvalue weighted by Gasteiger charge is 2.10. The molecule has 116 valence electrons. The predicted molar refractivity (Wildman–Crippen MR) is 85.1 cm³/mol. The van der Waals surface area contributed by atoms with Crippen molar-refractivity contribution in [2.75, 3.05) is 51.8 Å². The minimum atomic E-state index is 0.399. The van der Waals surface area contributed by atoms with Crippen molar-refractivity contribution in [3.8, 4) is 5.75 Å². The topological polar surface area (TPSA) is 72.1 Å². The second-order valence-corrected chi connectivity index (χ2v) is 5.02. The van der Waals surface area contributed by atoms with Gasteiger partial charge in [-0.25, -0.2) is 0 Å². The van der Waals surface area contributed by atoms with Crippen LogP contribution in [0.5, 0.6) is 5.75 Å². The van der Waals surface area contributed by atoms with Crippen molar-refractivity contribution in [3.63, 3.8) is 0 Å². The van der Waals surface area contributed by atoms with Gasteiger partial charge in [-0.05, 0) is 30.7 Å². The number of ether oxygens (including phenoxy) is 2. The Balaban J connectivity index is 1.83. The van der Waals surface area contributed by atoms with E-state index in [4.69, 9.17) is 15.2 Å². The van der Waals surface area contributed by atoms with Gasteiger partial charge < -0.3 is 20.5 Å². The third-order valence-electron chi connectivity index (χ3n) is 3.46. The number of hydrogen-bond acceptors (Lipinski definition) is 4. The fourth-order valence-corrected chi connectivity index (χ4v) is 2.20. The molecule has 1 aliphatic rings. The van der Waals surface area contributed by atoms with E-state index in [1.807, 2.05) is 25.1 Å². The zero-order valence-corrected chi connectivity index (χ0v) is 12.8. The Morgan fingerprint density at radius 3 is 2.86 bits per heavy atom. The number of nitrogens with two attached hydrogens (primary N) is 1. The smallest absolute Gasteiger partial charge is 0.192 e. The molecule has 0 amide bonds. The normalized spacial score (nSPS) is 16.8. The minimum absolute atomic E-state index is 0.399. The van der Waals surface area contributed by atoms with Crippen molar-refractivity contribution in [2.45, 2.75) is 6.92 Å². The third-order valence-corrected chi connectivity index (χ3v) is 3.46. The molecule has 6 heteroatoms. The van der Waals surface area contributed by atoms with E-state index < -0.39 is 0 Å². The molecule has 0 aliphatic carbocycles. The number of nitrogens with zero attached hydrogens (tertiary/aromatic N) is 2. The second kappa shape index (κ2) is 7.85. The highest BCUT2D eigenvalue weighted by molar-refractivity contribution is 5.92. The van der Waals surface area contributed by atoms with Gasteiger partial charge in [0.15, 0.2) is 5.96 Å². The molecule has 1 heterocycles. The first-order valence-corrected chi connectivity index (χ1v) is 7.22. The van der Waals surface area contributed by atoms with Crippen LogP contribution in [0.3, 0.4) is 0 Å². The van der Waals surface area contributed by atoms with Crippen LogP contribution < -0.4 is 15.8 Å². The molecule has 0 saturated carbocycles. The van der Waals surface area contributed by atoms with Gasteiger partial charge in [0.1, 0.15) is 12.4 Å². The van der Waals surface area contributed by atoms with Crippen molar-refractivity contribution in [1.29, 1.82) is 0 Å². The SMILES string of the molecule is CN=C(N)Nc1ccc(OCCN2CCOCC2)c(C)c1. The largest absolute Gasteiger partial charge is 0.492 e. The quantitative estimate of drug-likeness (QED) is 0.627. The molecule has 3 N–H and O–H groups in total. The maximum Gasteiger partial charge on any atom is 0.192 e. The maximum absolute atomic E-state index is 5.85. The van der Waals surface area contributed by atoms with Crippen molar-refractivity contribution in [2.24, 2.45) is 10.7 Å². The number of aryl methyl sites for hydroxylation is 1. The molecule has 0 unspecified atom stereocenters. The van der Waals surface area contributed by atoms with E-state index in [1.54, 1.807) is 7.05 Å². The summed E-state index contributed by atoms with van der Waals surface area (Å²) in [7, 11) is 1.65. The monoisotopic (exact) mass is 292 g/mol. The molecule has 0 radical (unpaired) electrons. The number of benzene rings is 1. The van der Waals surface area contributed by atoms with Gasteiger partial charge in [0.05, 0.1) is 13.2 Å². The van der Waals surface area contributed by atoms with Gasteiger partial charge in [0.2, 0.25) is 0 Å². The molecular formula is C15H24N4O2. The second-order valence-electron chi connectivity index (χ2n) is 5.02. The standard InChI is InChI=1S/C15H24N4O2/c1-12-11-13(18-15(16)17-2)3-4-14(12)21-10-7-19-5-8-20-9-6-19/h3-4,11H,5-10H2,1-2H3,(H3,16,17,18). The molecule has 2 rings (SSSR count). The highest BCUT2D eigenvalue weighted by Crippen LogP contribution is 2.21. The first-order chi connectivity index (χ1) is 10.2. The summed E-state index contributed by atoms with van der Waals surface area (Å²) in [5.74, 6) is 1.30. The zero-order valence-electron chi connectivity index (χ0n) is 12.8. The van der Waals surface area contributed by atoms with E-state index in [2.05, 4.69) is 15.2 Å². The molecular weight excluding hydrogens is 268 g/mol. The van der Waals surface area contributed by atoms with Gasteiger partial charge >= 0.3 is 0 Å². The van der Waals surface area contributed by atoms with Crippen LogP contribution in [-0.2, 0) is 4.74 Å². The molecule has 1 aromatic rings. The number of guanidine groups is 1. The average Bonchev–Trinajstić information content (AvgIpc) is 2.50. The third kappa shape index (κ3) is 4.91. The minimum Gasteiger partial charge on any atom is -0.492 e. The molecule has 6 nitrogen and oxygen atoms in total. The molecule has 1 aliphatic heterocycles. The summed E-state index contributed by atoms with van der Waals surface area (Å²) in [5.41, 5.74) is 7.64. The van der Waals surface area contributed by atoms with Crippen LogP contribution in [0.15, 0.2) is 23.2 Å². The van der Waals surface area contributed by atoms with E-state index in [-0.39, 0.29) is 0 Å². The Bertz CT molecular complexity index is 485. The highest BCUT2D eigenvalue weighted by atomic mass is 16.5. The van der Waals surface area contributed by atoms with Crippen LogP contribution in [-0.4, -0.2) is 57.4 Å². The summed E-state index contributed by atoms with van der Waals surface area (Å²) in [6.45, 7) is 7.25. The maximum atomic E-state index is 5.85. The Kier molecular flexibility index (Phi) is 5.83. The summed E-state index contributed by atoms with van der Waals surface area (Å²) in [5, 5.41) is 3.02. The van der Waals surface area contributed by atoms with Gasteiger partial charge in [-0.15, -0.1) is 0 Å². The molecule has 1 fully saturated rings. The van der Waals surface area contributed by atoms with Crippen LogP contribution >= 0.6 is 0 Å². The Hall–Kier alpha value is -1.79. The van der Waals surface area contributed by atoms with E-state index in [0.717, 1.165) is 49.8 Å². The number of morpholine rings is 1. The van der Waals surface area contributed by atoms with Crippen molar-refractivity contribution < 1.29 is 9.47 Å². The van der Waals surface area contributed by atoms with Crippen molar-refractivity contribution in [3.05, 3.63) is 23.8 Å². The number of rotatable bonds is 5. The molecule has 0 spiro atoms. The molecule has 21 heavy (non-hydrogen) atoms. The number of nitrogens with one attached hydrogen (secondary N) is 1. The Morgan fingerprint density at radius 2 is 2.19 bits per heavy atom. The van der Waals surface area contributed by atoms with Crippen molar-refractivity contribution >= 4 is 11.6 Å². The summed E-state index contributed by atoms with van der Waals surface area (Å²) < 4.78 is 11.2. The lowest BCUT2D eigenvalue weighted by atomic mass is 10.2. The predicted octanol–water partition coefficient (Wildman–Crippen LogP) is 1.06. The summed E-state index contributed by atoms with van der Waals surface area (Å²) in [6, 6.07) is 5.90. The fraction of sp³-hybridized carbons (Fsp3) is 0.533. The summed E-state index contributed by atoms with van der Waals surface area (Å²) in [4.78, 5) is 6.23. The average molecular weight is 292 g/mol. The van der Waals surface area contributed by atoms with Crippen molar-refractivity contribution in [1.82, 2.24) is 4.90 Å². The molecule has 0 atom stereocenters. The lowest BCUT2D eigenvalue weighted by molar-refractivity contribution is 0.0322. The molecule has 0 aromatic heterocycles. The number of anilines is 1. The molecule has 1 saturated heterocycles. The fourth-order valence-electron chi connectivity index (χ4n) is 2.20. The van der Waals surface area contributed by atoms with Gasteiger partial charge in [-0.2, -0.15) is 0 Å². The lowest BCUT2D eigenvalue weighted by Crippen LogP contribution is -2.38. The molecule has 0 bridgehead atoms. The first-order valence-electron chi connectivity index (χ1n) is 7.22. The van der Waals surface area contributed by atoms with Crippen LogP contribution in [0.2, 0.25) is 0 Å². The Labute approximate surface area is 125 Å². The van der Waals surface area contributed by atoms with E-state index in [9.17, 15) is 0 Å². The van der Waals surface area contributed by atoms with Crippen LogP contribution in [0.1, 0.15) is 5.56 Å². The zero-order chi connectivity index (χ0) is 15.1.